The number of H-pyrrole nitrogens is 1. The normalized spacial score (nSPS) is 18.7. The monoisotopic (exact) mass is 471 g/mol. The smallest absolute Gasteiger partial charge is 0.378 e. The number of nitrogens with zero attached hydrogens (tertiary/aromatic N) is 2. The van der Waals surface area contributed by atoms with Crippen LogP contribution in [0.4, 0.5) is 30.6 Å². The number of anilines is 3. The van der Waals surface area contributed by atoms with Crippen molar-refractivity contribution in [2.24, 2.45) is 0 Å². The maximum Gasteiger partial charge on any atom is 0.417 e. The summed E-state index contributed by atoms with van der Waals surface area (Å²) in [6.07, 6.45) is -5.08. The standard InChI is InChI=1S/C19H17ClF3N5O4/c20-12-2-1-9(7-11(12)19(21,22)23)24-16(30)10-8-13(29)25-15-14(10)17(31)27-18(26-15)28-3-5-32-6-4-28/h1-2,7,10H,3-6,8H2,(H,24,30)(H2,25,26,27,29,31). The lowest BCUT2D eigenvalue weighted by atomic mass is 9.92. The lowest BCUT2D eigenvalue weighted by Gasteiger charge is -2.29. The molecule has 9 nitrogen and oxygen atoms in total. The molecule has 0 spiro atoms. The van der Waals surface area contributed by atoms with Crippen molar-refractivity contribution in [2.45, 2.75) is 18.5 Å². The van der Waals surface area contributed by atoms with Crippen LogP contribution < -0.4 is 21.1 Å². The van der Waals surface area contributed by atoms with Gasteiger partial charge in [-0.2, -0.15) is 18.2 Å². The molecule has 32 heavy (non-hydrogen) atoms. The quantitative estimate of drug-likeness (QED) is 0.632. The summed E-state index contributed by atoms with van der Waals surface area (Å²) >= 11 is 5.60. The van der Waals surface area contributed by atoms with Crippen LogP contribution in [0.2, 0.25) is 5.02 Å². The number of halogens is 4. The molecule has 0 bridgehead atoms. The molecule has 2 aliphatic heterocycles. The van der Waals surface area contributed by atoms with E-state index in [1.807, 2.05) is 0 Å². The van der Waals surface area contributed by atoms with Gasteiger partial charge >= 0.3 is 6.18 Å². The zero-order valence-electron chi connectivity index (χ0n) is 16.4. The summed E-state index contributed by atoms with van der Waals surface area (Å²) in [4.78, 5) is 46.5. The molecule has 0 radical (unpaired) electrons. The number of carbonyl (C=O) groups is 2. The van der Waals surface area contributed by atoms with Crippen molar-refractivity contribution in [2.75, 3.05) is 41.8 Å². The van der Waals surface area contributed by atoms with Crippen LogP contribution in [0.25, 0.3) is 0 Å². The van der Waals surface area contributed by atoms with E-state index in [4.69, 9.17) is 16.3 Å². The summed E-state index contributed by atoms with van der Waals surface area (Å²) in [5, 5.41) is 4.30. The van der Waals surface area contributed by atoms with Crippen molar-refractivity contribution in [1.29, 1.82) is 0 Å². The largest absolute Gasteiger partial charge is 0.417 e. The highest BCUT2D eigenvalue weighted by Gasteiger charge is 2.36. The van der Waals surface area contributed by atoms with Crippen molar-refractivity contribution in [3.63, 3.8) is 0 Å². The molecule has 2 aliphatic rings. The Balaban J connectivity index is 1.63. The molecule has 0 aliphatic carbocycles. The molecule has 1 saturated heterocycles. The van der Waals surface area contributed by atoms with Crippen LogP contribution in [0.3, 0.4) is 0 Å². The Morgan fingerprint density at radius 3 is 2.66 bits per heavy atom. The van der Waals surface area contributed by atoms with Crippen LogP contribution in [0.1, 0.15) is 23.5 Å². The van der Waals surface area contributed by atoms with Gasteiger partial charge in [-0.15, -0.1) is 0 Å². The van der Waals surface area contributed by atoms with Crippen molar-refractivity contribution < 1.29 is 27.5 Å². The average molecular weight is 472 g/mol. The first-order valence-electron chi connectivity index (χ1n) is 9.58. The van der Waals surface area contributed by atoms with Crippen LogP contribution in [-0.2, 0) is 20.5 Å². The minimum atomic E-state index is -4.72. The number of alkyl halides is 3. The number of benzene rings is 1. The fourth-order valence-corrected chi connectivity index (χ4v) is 3.78. The Hall–Kier alpha value is -3.12. The molecule has 1 unspecified atom stereocenters. The van der Waals surface area contributed by atoms with Gasteiger partial charge in [0.2, 0.25) is 17.8 Å². The molecule has 1 atom stereocenters. The van der Waals surface area contributed by atoms with Crippen molar-refractivity contribution in [3.05, 3.63) is 44.7 Å². The molecule has 1 aromatic heterocycles. The van der Waals surface area contributed by atoms with E-state index in [2.05, 4.69) is 20.6 Å². The van der Waals surface area contributed by atoms with Gasteiger partial charge in [-0.1, -0.05) is 11.6 Å². The van der Waals surface area contributed by atoms with Crippen molar-refractivity contribution in [1.82, 2.24) is 9.97 Å². The number of hydrogen-bond donors (Lipinski definition) is 3. The van der Waals surface area contributed by atoms with Gasteiger partial charge in [0.25, 0.3) is 5.56 Å². The van der Waals surface area contributed by atoms with E-state index in [1.54, 1.807) is 4.90 Å². The number of carbonyl (C=O) groups excluding carboxylic acids is 2. The van der Waals surface area contributed by atoms with E-state index in [1.165, 1.54) is 6.07 Å². The Morgan fingerprint density at radius 1 is 1.25 bits per heavy atom. The molecule has 2 amide bonds. The Kier molecular flexibility index (Phi) is 5.82. The zero-order valence-corrected chi connectivity index (χ0v) is 17.1. The van der Waals surface area contributed by atoms with E-state index in [-0.39, 0.29) is 29.4 Å². The molecular formula is C19H17ClF3N5O4. The number of nitrogens with one attached hydrogen (secondary N) is 3. The Labute approximate surface area is 183 Å². The second kappa shape index (κ2) is 8.43. The fourth-order valence-electron chi connectivity index (χ4n) is 3.56. The van der Waals surface area contributed by atoms with E-state index >= 15 is 0 Å². The fraction of sp³-hybridized carbons (Fsp3) is 0.368. The Morgan fingerprint density at radius 2 is 1.97 bits per heavy atom. The molecule has 1 aromatic carbocycles. The van der Waals surface area contributed by atoms with Crippen LogP contribution in [0.15, 0.2) is 23.0 Å². The molecule has 3 N–H and O–H groups in total. The number of amides is 2. The minimum Gasteiger partial charge on any atom is -0.378 e. The van der Waals surface area contributed by atoms with Gasteiger partial charge in [-0.3, -0.25) is 19.4 Å². The highest BCUT2D eigenvalue weighted by molar-refractivity contribution is 6.31. The number of fused-ring (bicyclic) bond motifs is 1. The van der Waals surface area contributed by atoms with Gasteiger partial charge in [0.05, 0.1) is 35.3 Å². The number of hydrogen-bond acceptors (Lipinski definition) is 6. The molecule has 3 heterocycles. The number of ether oxygens (including phenoxy) is 1. The maximum absolute atomic E-state index is 13.1. The van der Waals surface area contributed by atoms with Crippen LogP contribution in [0, 0.1) is 0 Å². The van der Waals surface area contributed by atoms with E-state index in [9.17, 15) is 27.6 Å². The van der Waals surface area contributed by atoms with E-state index in [0.717, 1.165) is 6.07 Å². The van der Waals surface area contributed by atoms with E-state index < -0.39 is 40.1 Å². The molecule has 13 heteroatoms. The first kappa shape index (κ1) is 22.1. The van der Waals surface area contributed by atoms with Gasteiger partial charge in [-0.25, -0.2) is 0 Å². The minimum absolute atomic E-state index is 0.0567. The van der Waals surface area contributed by atoms with Crippen LogP contribution in [0.5, 0.6) is 0 Å². The van der Waals surface area contributed by atoms with Crippen molar-refractivity contribution in [3.8, 4) is 0 Å². The predicted molar refractivity (Wildman–Crippen MR) is 109 cm³/mol. The molecule has 1 fully saturated rings. The molecule has 2 aromatic rings. The third-order valence-corrected chi connectivity index (χ3v) is 5.43. The Bertz CT molecular complexity index is 1130. The highest BCUT2D eigenvalue weighted by atomic mass is 35.5. The average Bonchev–Trinajstić information content (AvgIpc) is 2.74. The van der Waals surface area contributed by atoms with Gasteiger partial charge in [0.1, 0.15) is 5.82 Å². The third-order valence-electron chi connectivity index (χ3n) is 5.10. The number of rotatable bonds is 3. The van der Waals surface area contributed by atoms with Gasteiger partial charge < -0.3 is 20.3 Å². The first-order chi connectivity index (χ1) is 15.1. The SMILES string of the molecule is O=C1CC(C(=O)Nc2ccc(Cl)c(C(F)(F)F)c2)c2c(nc(N3CCOCC3)[nH]c2=O)N1. The van der Waals surface area contributed by atoms with E-state index in [0.29, 0.717) is 32.4 Å². The summed E-state index contributed by atoms with van der Waals surface area (Å²) in [6, 6.07) is 2.89. The lowest BCUT2D eigenvalue weighted by molar-refractivity contribution is -0.137. The third kappa shape index (κ3) is 4.41. The number of aromatic amines is 1. The summed E-state index contributed by atoms with van der Waals surface area (Å²) in [6.45, 7) is 1.85. The van der Waals surface area contributed by atoms with Gasteiger partial charge in [0, 0.05) is 25.2 Å². The maximum atomic E-state index is 13.1. The van der Waals surface area contributed by atoms with Gasteiger partial charge in [-0.05, 0) is 18.2 Å². The molecule has 0 saturated carbocycles. The summed E-state index contributed by atoms with van der Waals surface area (Å²) in [5.41, 5.74) is -1.98. The van der Waals surface area contributed by atoms with Gasteiger partial charge in [0.15, 0.2) is 0 Å². The molecular weight excluding hydrogens is 455 g/mol. The second-order valence-corrected chi connectivity index (χ2v) is 7.64. The molecule has 4 rings (SSSR count). The van der Waals surface area contributed by atoms with Crippen molar-refractivity contribution >= 4 is 40.9 Å². The summed E-state index contributed by atoms with van der Waals surface area (Å²) in [7, 11) is 0. The zero-order chi connectivity index (χ0) is 23.0. The van der Waals surface area contributed by atoms with Crippen LogP contribution >= 0.6 is 11.6 Å². The van der Waals surface area contributed by atoms with Crippen LogP contribution in [-0.4, -0.2) is 48.1 Å². The summed E-state index contributed by atoms with van der Waals surface area (Å²) in [5.74, 6) is -2.43. The second-order valence-electron chi connectivity index (χ2n) is 7.24. The number of aromatic nitrogens is 2. The number of morpholine rings is 1. The highest BCUT2D eigenvalue weighted by Crippen LogP contribution is 2.37. The lowest BCUT2D eigenvalue weighted by Crippen LogP contribution is -2.41. The first-order valence-corrected chi connectivity index (χ1v) is 9.95. The topological polar surface area (TPSA) is 116 Å². The predicted octanol–water partition coefficient (Wildman–Crippen LogP) is 2.34. The summed E-state index contributed by atoms with van der Waals surface area (Å²) < 4.78 is 44.6. The molecule has 170 valence electrons.